The van der Waals surface area contributed by atoms with Gasteiger partial charge in [0.2, 0.25) is 5.91 Å². The molecule has 0 aromatic heterocycles. The Labute approximate surface area is 124 Å². The predicted octanol–water partition coefficient (Wildman–Crippen LogP) is 1.83. The molecule has 0 radical (unpaired) electrons. The topological polar surface area (TPSA) is 92.4 Å². The number of benzene rings is 1. The van der Waals surface area contributed by atoms with E-state index in [1.165, 1.54) is 6.07 Å². The Bertz CT molecular complexity index is 532. The summed E-state index contributed by atoms with van der Waals surface area (Å²) in [6, 6.07) is 2.07. The second-order valence-corrected chi connectivity index (χ2v) is 6.48. The lowest BCUT2D eigenvalue weighted by atomic mass is 10.1. The molecule has 0 bridgehead atoms. The van der Waals surface area contributed by atoms with Crippen LogP contribution in [-0.2, 0) is 9.59 Å². The number of carbonyl (C=O) groups excluding carboxylic acids is 1. The van der Waals surface area contributed by atoms with Crippen LogP contribution in [0.1, 0.15) is 13.8 Å². The van der Waals surface area contributed by atoms with Gasteiger partial charge in [0, 0.05) is 4.75 Å². The van der Waals surface area contributed by atoms with Gasteiger partial charge in [-0.15, -0.1) is 11.8 Å². The summed E-state index contributed by atoms with van der Waals surface area (Å²) >= 11 is 0.991. The van der Waals surface area contributed by atoms with Gasteiger partial charge in [-0.2, -0.15) is 0 Å². The summed E-state index contributed by atoms with van der Waals surface area (Å²) in [6.07, 6.45) is 0. The summed E-state index contributed by atoms with van der Waals surface area (Å²) < 4.78 is 25.8. The second kappa shape index (κ2) is 6.86. The largest absolute Gasteiger partial charge is 0.480 e. The molecule has 5 nitrogen and oxygen atoms in total. The van der Waals surface area contributed by atoms with Gasteiger partial charge in [-0.25, -0.2) is 8.78 Å². The van der Waals surface area contributed by atoms with Gasteiger partial charge in [0.15, 0.2) is 0 Å². The van der Waals surface area contributed by atoms with Gasteiger partial charge in [0.1, 0.15) is 23.4 Å². The molecule has 0 unspecified atom stereocenters. The quantitative estimate of drug-likeness (QED) is 0.744. The molecule has 0 heterocycles. The number of nitrogens with two attached hydrogens (primary N) is 1. The maximum atomic E-state index is 13.4. The Morgan fingerprint density at radius 2 is 1.90 bits per heavy atom. The van der Waals surface area contributed by atoms with Crippen LogP contribution in [-0.4, -0.2) is 33.5 Å². The molecule has 1 aromatic carbocycles. The SMILES string of the molecule is CC(C)(SCC(=O)Nc1c(F)cccc1F)[C@H](N)C(=O)O. The van der Waals surface area contributed by atoms with E-state index in [1.807, 2.05) is 0 Å². The molecule has 0 saturated carbocycles. The highest BCUT2D eigenvalue weighted by Gasteiger charge is 2.33. The number of aliphatic carboxylic acids is 1. The monoisotopic (exact) mass is 318 g/mol. The minimum atomic E-state index is -1.19. The molecular weight excluding hydrogens is 302 g/mol. The number of halogens is 2. The Morgan fingerprint density at radius 3 is 2.38 bits per heavy atom. The molecule has 0 spiro atoms. The Kier molecular flexibility index (Phi) is 5.68. The lowest BCUT2D eigenvalue weighted by Gasteiger charge is -2.27. The van der Waals surface area contributed by atoms with E-state index >= 15 is 0 Å². The lowest BCUT2D eigenvalue weighted by molar-refractivity contribution is -0.139. The standard InChI is InChI=1S/C13H16F2N2O3S/c1-13(2,11(16)12(19)20)21-6-9(18)17-10-7(14)4-3-5-8(10)15/h3-5,11H,6,16H2,1-2H3,(H,17,18)(H,19,20)/t11-/m1/s1. The van der Waals surface area contributed by atoms with Crippen LogP contribution < -0.4 is 11.1 Å². The smallest absolute Gasteiger partial charge is 0.321 e. The molecule has 1 rings (SSSR count). The summed E-state index contributed by atoms with van der Waals surface area (Å²) in [5.41, 5.74) is 4.98. The van der Waals surface area contributed by atoms with Crippen molar-refractivity contribution in [3.8, 4) is 0 Å². The summed E-state index contributed by atoms with van der Waals surface area (Å²) in [5, 5.41) is 11.0. The fraction of sp³-hybridized carbons (Fsp3) is 0.385. The van der Waals surface area contributed by atoms with Gasteiger partial charge < -0.3 is 16.2 Å². The zero-order chi connectivity index (χ0) is 16.2. The van der Waals surface area contributed by atoms with E-state index in [0.717, 1.165) is 23.9 Å². The fourth-order valence-electron chi connectivity index (χ4n) is 1.43. The number of hydrogen-bond acceptors (Lipinski definition) is 4. The highest BCUT2D eigenvalue weighted by atomic mass is 32.2. The van der Waals surface area contributed by atoms with E-state index in [4.69, 9.17) is 10.8 Å². The third-order valence-corrected chi connectivity index (χ3v) is 4.22. The number of para-hydroxylation sites is 1. The van der Waals surface area contributed by atoms with Gasteiger partial charge in [-0.05, 0) is 26.0 Å². The average Bonchev–Trinajstić information content (AvgIpc) is 2.40. The van der Waals surface area contributed by atoms with Crippen LogP contribution in [0.2, 0.25) is 0 Å². The normalized spacial score (nSPS) is 12.8. The maximum Gasteiger partial charge on any atom is 0.321 e. The van der Waals surface area contributed by atoms with E-state index in [9.17, 15) is 18.4 Å². The molecule has 8 heteroatoms. The van der Waals surface area contributed by atoms with Crippen LogP contribution in [0.5, 0.6) is 0 Å². The van der Waals surface area contributed by atoms with Crippen molar-refractivity contribution in [1.82, 2.24) is 0 Å². The zero-order valence-electron chi connectivity index (χ0n) is 11.5. The molecule has 0 fully saturated rings. The van der Waals surface area contributed by atoms with Crippen LogP contribution in [0.4, 0.5) is 14.5 Å². The highest BCUT2D eigenvalue weighted by molar-refractivity contribution is 8.01. The van der Waals surface area contributed by atoms with Gasteiger partial charge in [-0.3, -0.25) is 9.59 Å². The first-order valence-electron chi connectivity index (χ1n) is 6.01. The molecule has 1 aromatic rings. The molecular formula is C13H16F2N2O3S. The van der Waals surface area contributed by atoms with E-state index in [2.05, 4.69) is 5.32 Å². The number of anilines is 1. The zero-order valence-corrected chi connectivity index (χ0v) is 12.3. The third-order valence-electron chi connectivity index (χ3n) is 2.82. The molecule has 4 N–H and O–H groups in total. The average molecular weight is 318 g/mol. The van der Waals surface area contributed by atoms with Crippen molar-refractivity contribution in [3.05, 3.63) is 29.8 Å². The summed E-state index contributed by atoms with van der Waals surface area (Å²) in [6.45, 7) is 3.15. The second-order valence-electron chi connectivity index (χ2n) is 4.85. The van der Waals surface area contributed by atoms with Crippen molar-refractivity contribution in [1.29, 1.82) is 0 Å². The molecule has 1 amide bonds. The van der Waals surface area contributed by atoms with Gasteiger partial charge in [0.05, 0.1) is 5.75 Å². The van der Waals surface area contributed by atoms with E-state index < -0.39 is 40.0 Å². The number of carboxylic acid groups (broad SMARTS) is 1. The number of carbonyl (C=O) groups is 2. The Hall–Kier alpha value is -1.67. The number of rotatable bonds is 6. The first-order chi connectivity index (χ1) is 9.65. The van der Waals surface area contributed by atoms with E-state index in [-0.39, 0.29) is 5.75 Å². The summed E-state index contributed by atoms with van der Waals surface area (Å²) in [7, 11) is 0. The van der Waals surface area contributed by atoms with Crippen molar-refractivity contribution in [2.24, 2.45) is 5.73 Å². The molecule has 116 valence electrons. The van der Waals surface area contributed by atoms with Crippen LogP contribution in [0.25, 0.3) is 0 Å². The summed E-state index contributed by atoms with van der Waals surface area (Å²) in [5.74, 6) is -3.77. The van der Waals surface area contributed by atoms with E-state index in [1.54, 1.807) is 13.8 Å². The van der Waals surface area contributed by atoms with Crippen molar-refractivity contribution in [3.63, 3.8) is 0 Å². The fourth-order valence-corrected chi connectivity index (χ4v) is 2.29. The molecule has 0 aliphatic heterocycles. The van der Waals surface area contributed by atoms with Crippen molar-refractivity contribution in [2.75, 3.05) is 11.1 Å². The number of carboxylic acids is 1. The molecule has 0 saturated heterocycles. The Balaban J connectivity index is 2.65. The number of hydrogen-bond donors (Lipinski definition) is 3. The maximum absolute atomic E-state index is 13.4. The van der Waals surface area contributed by atoms with Crippen LogP contribution >= 0.6 is 11.8 Å². The third kappa shape index (κ3) is 4.68. The first kappa shape index (κ1) is 17.4. The Morgan fingerprint density at radius 1 is 1.38 bits per heavy atom. The number of amides is 1. The minimum absolute atomic E-state index is 0.179. The van der Waals surface area contributed by atoms with Crippen molar-refractivity contribution >= 4 is 29.3 Å². The van der Waals surface area contributed by atoms with Crippen LogP contribution in [0.3, 0.4) is 0 Å². The predicted molar refractivity (Wildman–Crippen MR) is 77.1 cm³/mol. The highest BCUT2D eigenvalue weighted by Crippen LogP contribution is 2.28. The molecule has 1 atom stereocenters. The first-order valence-corrected chi connectivity index (χ1v) is 7.00. The van der Waals surface area contributed by atoms with Gasteiger partial charge in [-0.1, -0.05) is 6.07 Å². The van der Waals surface area contributed by atoms with Gasteiger partial charge >= 0.3 is 5.97 Å². The van der Waals surface area contributed by atoms with Crippen LogP contribution in [0.15, 0.2) is 18.2 Å². The minimum Gasteiger partial charge on any atom is -0.480 e. The van der Waals surface area contributed by atoms with Crippen LogP contribution in [0, 0.1) is 11.6 Å². The van der Waals surface area contributed by atoms with Crippen molar-refractivity contribution < 1.29 is 23.5 Å². The lowest BCUT2D eigenvalue weighted by Crippen LogP contribution is -2.47. The molecule has 21 heavy (non-hydrogen) atoms. The molecule has 0 aliphatic rings. The van der Waals surface area contributed by atoms with E-state index in [0.29, 0.717) is 0 Å². The molecule has 0 aliphatic carbocycles. The number of nitrogens with one attached hydrogen (secondary N) is 1. The van der Waals surface area contributed by atoms with Gasteiger partial charge in [0.25, 0.3) is 0 Å². The summed E-state index contributed by atoms with van der Waals surface area (Å²) in [4.78, 5) is 22.5. The van der Waals surface area contributed by atoms with Crippen molar-refractivity contribution in [2.45, 2.75) is 24.6 Å². The number of thioether (sulfide) groups is 1.